The predicted molar refractivity (Wildman–Crippen MR) is 111 cm³/mol. The van der Waals surface area contributed by atoms with Crippen molar-refractivity contribution in [3.8, 4) is 17.0 Å². The average Bonchev–Trinajstić information content (AvgIpc) is 3.36. The van der Waals surface area contributed by atoms with Crippen LogP contribution in [0.15, 0.2) is 41.4 Å². The molecule has 0 radical (unpaired) electrons. The molecular formula is C19H16N4O3S2. The summed E-state index contributed by atoms with van der Waals surface area (Å²) in [4.78, 5) is 26.1. The van der Waals surface area contributed by atoms with E-state index < -0.39 is 0 Å². The van der Waals surface area contributed by atoms with Gasteiger partial charge in [-0.3, -0.25) is 0 Å². The Hall–Kier alpha value is -3.04. The van der Waals surface area contributed by atoms with Crippen molar-refractivity contribution < 1.29 is 14.3 Å². The Labute approximate surface area is 169 Å². The summed E-state index contributed by atoms with van der Waals surface area (Å²) in [6.07, 6.45) is 1.47. The van der Waals surface area contributed by atoms with Crippen LogP contribution in [0.2, 0.25) is 0 Å². The van der Waals surface area contributed by atoms with Crippen LogP contribution in [0.4, 0.5) is 10.9 Å². The summed E-state index contributed by atoms with van der Waals surface area (Å²) in [7, 11) is 1.64. The van der Waals surface area contributed by atoms with Crippen LogP contribution >= 0.6 is 22.7 Å². The molecule has 1 N–H and O–H groups in total. The molecule has 3 heterocycles. The van der Waals surface area contributed by atoms with Crippen molar-refractivity contribution in [2.24, 2.45) is 0 Å². The first kappa shape index (κ1) is 18.3. The highest BCUT2D eigenvalue weighted by atomic mass is 32.1. The number of anilines is 2. The molecule has 0 unspecified atom stereocenters. The van der Waals surface area contributed by atoms with Crippen LogP contribution in [-0.2, 0) is 4.74 Å². The molecule has 0 amide bonds. The van der Waals surface area contributed by atoms with Crippen LogP contribution in [0, 0.1) is 0 Å². The number of hydrogen-bond donors (Lipinski definition) is 1. The maximum atomic E-state index is 12.2. The van der Waals surface area contributed by atoms with E-state index in [9.17, 15) is 4.79 Å². The Bertz CT molecular complexity index is 1120. The predicted octanol–water partition coefficient (Wildman–Crippen LogP) is 4.74. The third-order valence-electron chi connectivity index (χ3n) is 3.98. The second-order valence-corrected chi connectivity index (χ2v) is 7.38. The fourth-order valence-corrected chi connectivity index (χ4v) is 4.25. The number of benzene rings is 1. The minimum absolute atomic E-state index is 0.310. The van der Waals surface area contributed by atoms with E-state index in [1.54, 1.807) is 19.4 Å². The van der Waals surface area contributed by atoms with Crippen LogP contribution in [-0.4, -0.2) is 34.6 Å². The number of nitrogens with zero attached hydrogens (tertiary/aromatic N) is 3. The van der Waals surface area contributed by atoms with Gasteiger partial charge in [-0.2, -0.15) is 0 Å². The van der Waals surface area contributed by atoms with Crippen LogP contribution in [0.5, 0.6) is 5.75 Å². The number of rotatable bonds is 6. The third-order valence-corrected chi connectivity index (χ3v) is 5.62. The molecule has 7 nitrogen and oxygen atoms in total. The molecule has 9 heteroatoms. The number of fused-ring (bicyclic) bond motifs is 1. The number of thiazole rings is 1. The molecule has 3 aromatic heterocycles. The lowest BCUT2D eigenvalue weighted by Crippen LogP contribution is -2.05. The van der Waals surface area contributed by atoms with Gasteiger partial charge in [-0.05, 0) is 31.2 Å². The minimum Gasteiger partial charge on any atom is -0.497 e. The molecule has 0 spiro atoms. The fourth-order valence-electron chi connectivity index (χ4n) is 2.66. The Morgan fingerprint density at radius 1 is 1.14 bits per heavy atom. The van der Waals surface area contributed by atoms with Crippen molar-refractivity contribution in [3.05, 3.63) is 46.9 Å². The van der Waals surface area contributed by atoms with E-state index in [1.165, 1.54) is 29.0 Å². The molecule has 4 aromatic rings. The molecule has 0 fully saturated rings. The van der Waals surface area contributed by atoms with Crippen molar-refractivity contribution in [2.45, 2.75) is 6.92 Å². The summed E-state index contributed by atoms with van der Waals surface area (Å²) in [5.41, 5.74) is 2.29. The average molecular weight is 412 g/mol. The lowest BCUT2D eigenvalue weighted by molar-refractivity contribution is 0.0529. The smallest absolute Gasteiger partial charge is 0.339 e. The van der Waals surface area contributed by atoms with E-state index >= 15 is 0 Å². The van der Waals surface area contributed by atoms with E-state index in [0.717, 1.165) is 17.0 Å². The maximum Gasteiger partial charge on any atom is 0.339 e. The molecular weight excluding hydrogens is 396 g/mol. The van der Waals surface area contributed by atoms with Crippen molar-refractivity contribution >= 4 is 49.8 Å². The van der Waals surface area contributed by atoms with Crippen LogP contribution in [0.3, 0.4) is 0 Å². The lowest BCUT2D eigenvalue weighted by Gasteiger charge is -2.05. The second-order valence-electron chi connectivity index (χ2n) is 5.66. The van der Waals surface area contributed by atoms with Gasteiger partial charge in [0.15, 0.2) is 5.13 Å². The van der Waals surface area contributed by atoms with Gasteiger partial charge in [0.2, 0.25) is 0 Å². The number of thiophene rings is 1. The summed E-state index contributed by atoms with van der Waals surface area (Å²) < 4.78 is 10.3. The second kappa shape index (κ2) is 7.91. The van der Waals surface area contributed by atoms with Crippen molar-refractivity contribution in [2.75, 3.05) is 19.0 Å². The molecule has 0 aliphatic rings. The van der Waals surface area contributed by atoms with Gasteiger partial charge in [-0.25, -0.2) is 19.7 Å². The molecule has 0 aliphatic heterocycles. The zero-order chi connectivity index (χ0) is 19.5. The third kappa shape index (κ3) is 3.54. The van der Waals surface area contributed by atoms with Gasteiger partial charge < -0.3 is 14.8 Å². The van der Waals surface area contributed by atoms with Gasteiger partial charge in [0.1, 0.15) is 22.7 Å². The lowest BCUT2D eigenvalue weighted by atomic mass is 10.2. The summed E-state index contributed by atoms with van der Waals surface area (Å²) in [5, 5.41) is 8.24. The highest BCUT2D eigenvalue weighted by Crippen LogP contribution is 2.33. The van der Waals surface area contributed by atoms with E-state index in [2.05, 4.69) is 20.3 Å². The van der Waals surface area contributed by atoms with Crippen LogP contribution < -0.4 is 10.1 Å². The summed E-state index contributed by atoms with van der Waals surface area (Å²) in [6, 6.07) is 7.70. The largest absolute Gasteiger partial charge is 0.497 e. The van der Waals surface area contributed by atoms with Crippen molar-refractivity contribution in [3.63, 3.8) is 0 Å². The van der Waals surface area contributed by atoms with Gasteiger partial charge >= 0.3 is 5.97 Å². The normalized spacial score (nSPS) is 10.8. The van der Waals surface area contributed by atoms with E-state index in [0.29, 0.717) is 33.3 Å². The van der Waals surface area contributed by atoms with E-state index in [4.69, 9.17) is 9.47 Å². The van der Waals surface area contributed by atoms with Gasteiger partial charge in [-0.1, -0.05) is 0 Å². The molecule has 4 rings (SSSR count). The number of methoxy groups -OCH3 is 1. The Kier molecular flexibility index (Phi) is 5.18. The molecule has 0 aliphatic carbocycles. The molecule has 0 bridgehead atoms. The first-order chi connectivity index (χ1) is 13.7. The molecule has 0 atom stereocenters. The van der Waals surface area contributed by atoms with Gasteiger partial charge in [0.05, 0.1) is 30.4 Å². The Morgan fingerprint density at radius 3 is 2.71 bits per heavy atom. The standard InChI is InChI=1S/C19H16N4O3S2/c1-3-26-18(24)13-8-27-17-15(13)16(20-10-21-17)23-19-22-14(9-28-19)11-4-6-12(25-2)7-5-11/h4-10H,3H2,1-2H3,(H,20,21,22,23). The quantitative estimate of drug-likeness (QED) is 0.458. The monoisotopic (exact) mass is 412 g/mol. The SMILES string of the molecule is CCOC(=O)c1csc2ncnc(Nc3nc(-c4ccc(OC)cc4)cs3)c12. The molecule has 0 saturated heterocycles. The molecule has 142 valence electrons. The number of nitrogens with one attached hydrogen (secondary N) is 1. The zero-order valence-corrected chi connectivity index (χ0v) is 16.8. The number of aromatic nitrogens is 3. The number of carbonyl (C=O) groups excluding carboxylic acids is 1. The van der Waals surface area contributed by atoms with Gasteiger partial charge in [0.25, 0.3) is 0 Å². The zero-order valence-electron chi connectivity index (χ0n) is 15.1. The maximum absolute atomic E-state index is 12.2. The number of ether oxygens (including phenoxy) is 2. The van der Waals surface area contributed by atoms with Crippen LogP contribution in [0.1, 0.15) is 17.3 Å². The van der Waals surface area contributed by atoms with Crippen LogP contribution in [0.25, 0.3) is 21.5 Å². The summed E-state index contributed by atoms with van der Waals surface area (Å²) in [5.74, 6) is 0.944. The highest BCUT2D eigenvalue weighted by molar-refractivity contribution is 7.17. The van der Waals surface area contributed by atoms with Crippen molar-refractivity contribution in [1.82, 2.24) is 15.0 Å². The van der Waals surface area contributed by atoms with Gasteiger partial charge in [0, 0.05) is 16.3 Å². The first-order valence-corrected chi connectivity index (χ1v) is 10.2. The fraction of sp³-hybridized carbons (Fsp3) is 0.158. The summed E-state index contributed by atoms with van der Waals surface area (Å²) in [6.45, 7) is 2.09. The number of carbonyl (C=O) groups is 1. The van der Waals surface area contributed by atoms with Gasteiger partial charge in [-0.15, -0.1) is 22.7 Å². The van der Waals surface area contributed by atoms with Crippen molar-refractivity contribution in [1.29, 1.82) is 0 Å². The first-order valence-electron chi connectivity index (χ1n) is 8.46. The summed E-state index contributed by atoms with van der Waals surface area (Å²) >= 11 is 2.84. The number of esters is 1. The van der Waals surface area contributed by atoms with E-state index in [1.807, 2.05) is 29.6 Å². The minimum atomic E-state index is -0.385. The highest BCUT2D eigenvalue weighted by Gasteiger charge is 2.19. The Morgan fingerprint density at radius 2 is 1.96 bits per heavy atom. The Balaban J connectivity index is 1.64. The molecule has 1 aromatic carbocycles. The molecule has 28 heavy (non-hydrogen) atoms. The topological polar surface area (TPSA) is 86.2 Å². The van der Waals surface area contributed by atoms with E-state index in [-0.39, 0.29) is 5.97 Å². The number of hydrogen-bond acceptors (Lipinski definition) is 9. The molecule has 0 saturated carbocycles.